The monoisotopic (exact) mass is 432 g/mol. The number of carbonyl (C=O) groups excluding carboxylic acids is 3. The maximum absolute atomic E-state index is 13.9. The third-order valence-electron chi connectivity index (χ3n) is 7.61. The number of fused-ring (bicyclic) bond motifs is 7. The van der Waals surface area contributed by atoms with Gasteiger partial charge in [-0.1, -0.05) is 24.3 Å². The van der Waals surface area contributed by atoms with Crippen LogP contribution < -0.4 is 10.2 Å². The van der Waals surface area contributed by atoms with Crippen LogP contribution in [0.1, 0.15) is 24.0 Å². The molecule has 2 aromatic rings. The number of nitrogens with zero attached hydrogens (tertiary/aromatic N) is 3. The molecular weight excluding hydrogens is 412 g/mol. The third-order valence-corrected chi connectivity index (χ3v) is 7.61. The van der Waals surface area contributed by atoms with Crippen LogP contribution >= 0.6 is 0 Å². The van der Waals surface area contributed by atoms with E-state index in [0.717, 1.165) is 23.3 Å². The minimum atomic E-state index is -1.24. The Labute approximate surface area is 183 Å². The van der Waals surface area contributed by atoms with Gasteiger partial charge in [-0.25, -0.2) is 4.90 Å². The minimum absolute atomic E-state index is 0.152. The smallest absolute Gasteiger partial charge is 0.274 e. The lowest BCUT2D eigenvalue weighted by atomic mass is 9.75. The van der Waals surface area contributed by atoms with E-state index >= 15 is 0 Å². The van der Waals surface area contributed by atoms with Crippen molar-refractivity contribution in [3.63, 3.8) is 0 Å². The Bertz CT molecular complexity index is 1240. The number of amides is 3. The first-order chi connectivity index (χ1) is 15.4. The van der Waals surface area contributed by atoms with Gasteiger partial charge in [0.25, 0.3) is 5.69 Å². The summed E-state index contributed by atoms with van der Waals surface area (Å²) in [6.45, 7) is 2.17. The summed E-state index contributed by atoms with van der Waals surface area (Å²) < 4.78 is 0. The Morgan fingerprint density at radius 2 is 1.88 bits per heavy atom. The molecule has 162 valence electrons. The zero-order chi connectivity index (χ0) is 22.4. The first-order valence-electron chi connectivity index (χ1n) is 10.7. The Kier molecular flexibility index (Phi) is 3.72. The summed E-state index contributed by atoms with van der Waals surface area (Å²) in [6.07, 6.45) is 1.56. The fraction of sp³-hybridized carbons (Fsp3) is 0.348. The normalized spacial score (nSPS) is 30.6. The van der Waals surface area contributed by atoms with Crippen LogP contribution in [0.4, 0.5) is 17.1 Å². The summed E-state index contributed by atoms with van der Waals surface area (Å²) in [5, 5.41) is 14.4. The van der Waals surface area contributed by atoms with E-state index in [0.29, 0.717) is 12.2 Å². The highest BCUT2D eigenvalue weighted by molar-refractivity contribution is 6.26. The molecule has 1 spiro atoms. The van der Waals surface area contributed by atoms with Gasteiger partial charge in [0.15, 0.2) is 0 Å². The maximum Gasteiger partial charge on any atom is 0.274 e. The SMILES string of the molecule is Cc1c(N2C(=O)[C@H]3[C@H]4CCCN4[C@@]4(C(=O)Nc5ccccc54)[C@@H]3C2=O)cccc1[N+](=O)[O-]. The summed E-state index contributed by atoms with van der Waals surface area (Å²) in [7, 11) is 0. The van der Waals surface area contributed by atoms with Gasteiger partial charge >= 0.3 is 0 Å². The summed E-state index contributed by atoms with van der Waals surface area (Å²) in [4.78, 5) is 55.2. The molecule has 4 aliphatic rings. The fourth-order valence-corrected chi connectivity index (χ4v) is 6.45. The Morgan fingerprint density at radius 3 is 2.66 bits per heavy atom. The summed E-state index contributed by atoms with van der Waals surface area (Å²) in [6, 6.07) is 11.5. The number of rotatable bonds is 2. The molecule has 3 saturated heterocycles. The molecule has 32 heavy (non-hydrogen) atoms. The highest BCUT2D eigenvalue weighted by atomic mass is 16.6. The van der Waals surface area contributed by atoms with Crippen molar-refractivity contribution in [2.75, 3.05) is 16.8 Å². The highest BCUT2D eigenvalue weighted by Crippen LogP contribution is 2.60. The van der Waals surface area contributed by atoms with Gasteiger partial charge in [-0.05, 0) is 38.4 Å². The van der Waals surface area contributed by atoms with Crippen LogP contribution in [0.5, 0.6) is 0 Å². The maximum atomic E-state index is 13.9. The second-order valence-corrected chi connectivity index (χ2v) is 8.86. The van der Waals surface area contributed by atoms with Crippen LogP contribution in [-0.2, 0) is 19.9 Å². The van der Waals surface area contributed by atoms with E-state index in [1.807, 2.05) is 24.3 Å². The van der Waals surface area contributed by atoms with Crippen LogP contribution in [0.2, 0.25) is 0 Å². The minimum Gasteiger partial charge on any atom is -0.324 e. The van der Waals surface area contributed by atoms with Crippen molar-refractivity contribution in [3.05, 3.63) is 63.7 Å². The topological polar surface area (TPSA) is 113 Å². The van der Waals surface area contributed by atoms with Crippen LogP contribution in [0, 0.1) is 28.9 Å². The molecule has 0 bridgehead atoms. The van der Waals surface area contributed by atoms with E-state index in [1.165, 1.54) is 19.1 Å². The quantitative estimate of drug-likeness (QED) is 0.443. The van der Waals surface area contributed by atoms with E-state index < -0.39 is 28.2 Å². The lowest BCUT2D eigenvalue weighted by molar-refractivity contribution is -0.385. The molecular formula is C23H20N4O5. The molecule has 3 fully saturated rings. The van der Waals surface area contributed by atoms with Crippen molar-refractivity contribution in [2.24, 2.45) is 11.8 Å². The first kappa shape index (κ1) is 19.1. The van der Waals surface area contributed by atoms with Gasteiger partial charge in [0.1, 0.15) is 5.54 Å². The average molecular weight is 432 g/mol. The zero-order valence-electron chi connectivity index (χ0n) is 17.3. The van der Waals surface area contributed by atoms with E-state index in [9.17, 15) is 24.5 Å². The van der Waals surface area contributed by atoms with Crippen LogP contribution in [0.3, 0.4) is 0 Å². The van der Waals surface area contributed by atoms with Gasteiger partial charge < -0.3 is 5.32 Å². The Balaban J connectivity index is 1.55. The van der Waals surface area contributed by atoms with Gasteiger partial charge in [0.2, 0.25) is 17.7 Å². The number of carbonyl (C=O) groups is 3. The molecule has 9 nitrogen and oxygen atoms in total. The molecule has 4 atom stereocenters. The van der Waals surface area contributed by atoms with E-state index in [-0.39, 0.29) is 34.8 Å². The molecule has 4 heterocycles. The second-order valence-electron chi connectivity index (χ2n) is 8.86. The number of nitro groups is 1. The van der Waals surface area contributed by atoms with E-state index in [1.54, 1.807) is 6.07 Å². The summed E-state index contributed by atoms with van der Waals surface area (Å²) >= 11 is 0. The molecule has 0 aliphatic carbocycles. The largest absolute Gasteiger partial charge is 0.324 e. The van der Waals surface area contributed by atoms with Crippen molar-refractivity contribution in [1.82, 2.24) is 4.90 Å². The molecule has 9 heteroatoms. The van der Waals surface area contributed by atoms with Crippen molar-refractivity contribution < 1.29 is 19.3 Å². The van der Waals surface area contributed by atoms with Crippen LogP contribution in [-0.4, -0.2) is 40.1 Å². The molecule has 0 aromatic heterocycles. The van der Waals surface area contributed by atoms with Crippen molar-refractivity contribution in [2.45, 2.75) is 31.3 Å². The van der Waals surface area contributed by atoms with Gasteiger partial charge in [0, 0.05) is 23.4 Å². The lowest BCUT2D eigenvalue weighted by Crippen LogP contribution is -2.54. The molecule has 2 aromatic carbocycles. The van der Waals surface area contributed by atoms with Gasteiger partial charge in [-0.15, -0.1) is 0 Å². The van der Waals surface area contributed by atoms with Crippen molar-refractivity contribution in [3.8, 4) is 0 Å². The zero-order valence-corrected chi connectivity index (χ0v) is 17.3. The number of benzene rings is 2. The van der Waals surface area contributed by atoms with E-state index in [4.69, 9.17) is 0 Å². The number of hydrogen-bond acceptors (Lipinski definition) is 6. The fourth-order valence-electron chi connectivity index (χ4n) is 6.45. The van der Waals surface area contributed by atoms with Crippen LogP contribution in [0.25, 0.3) is 0 Å². The van der Waals surface area contributed by atoms with Crippen molar-refractivity contribution in [1.29, 1.82) is 0 Å². The second kappa shape index (κ2) is 6.23. The van der Waals surface area contributed by atoms with E-state index in [2.05, 4.69) is 10.2 Å². The summed E-state index contributed by atoms with van der Waals surface area (Å²) in [5.41, 5.74) is 0.472. The standard InChI is InChI=1S/C23H20N4O5/c1-12-15(8-4-9-16(12)27(31)32)26-20(28)18-17-10-5-11-25(17)23(19(18)21(26)29)13-6-2-3-7-14(13)24-22(23)30/h2-4,6-9,17-19H,5,10-11H2,1H3,(H,24,30)/t17-,18+,19+,23-/m1/s1. The van der Waals surface area contributed by atoms with Gasteiger partial charge in [-0.3, -0.25) is 29.4 Å². The third kappa shape index (κ3) is 2.04. The lowest BCUT2D eigenvalue weighted by Gasteiger charge is -2.36. The molecule has 6 rings (SSSR count). The predicted octanol–water partition coefficient (Wildman–Crippen LogP) is 2.33. The molecule has 3 amide bonds. The number of hydrogen-bond donors (Lipinski definition) is 1. The summed E-state index contributed by atoms with van der Waals surface area (Å²) in [5.74, 6) is -2.67. The first-order valence-corrected chi connectivity index (χ1v) is 10.7. The average Bonchev–Trinajstić information content (AvgIpc) is 3.47. The molecule has 4 aliphatic heterocycles. The van der Waals surface area contributed by atoms with Crippen molar-refractivity contribution >= 4 is 34.8 Å². The Hall–Kier alpha value is -3.59. The number of anilines is 2. The molecule has 0 radical (unpaired) electrons. The van der Waals surface area contributed by atoms with Crippen LogP contribution in [0.15, 0.2) is 42.5 Å². The Morgan fingerprint density at radius 1 is 1.09 bits per heavy atom. The predicted molar refractivity (Wildman–Crippen MR) is 114 cm³/mol. The van der Waals surface area contributed by atoms with Gasteiger partial charge in [0.05, 0.1) is 28.0 Å². The number of nitrogens with one attached hydrogen (secondary N) is 1. The molecule has 0 saturated carbocycles. The number of nitro benzene ring substituents is 1. The highest BCUT2D eigenvalue weighted by Gasteiger charge is 2.74. The molecule has 0 unspecified atom stereocenters. The number of imide groups is 1. The number of para-hydroxylation sites is 1. The van der Waals surface area contributed by atoms with Gasteiger partial charge in [-0.2, -0.15) is 0 Å². The molecule has 1 N–H and O–H groups in total.